The van der Waals surface area contributed by atoms with Crippen LogP contribution in [0, 0.1) is 23.2 Å². The number of thioether (sulfide) groups is 1. The molecule has 4 atom stereocenters. The van der Waals surface area contributed by atoms with Crippen LogP contribution >= 0.6 is 11.8 Å². The van der Waals surface area contributed by atoms with E-state index < -0.39 is 12.1 Å². The number of esters is 1. The smallest absolute Gasteiger partial charge is 0.410 e. The van der Waals surface area contributed by atoms with Gasteiger partial charge in [-0.15, -0.1) is 11.8 Å². The maximum atomic E-state index is 12.4. The summed E-state index contributed by atoms with van der Waals surface area (Å²) in [4.78, 5) is 27.2. The standard InChI is InChI=1S/C21H26N2O4S/c1-3-27-20(24)18-11-16-10-17(28-19-7-5-4-6-14(19)12-22)9-8-15(16)13-23(18)21(25)26-2/h4-7,15-18H,3,8-11,13H2,1-2H3/t15-,16+,17-,18-/m0/s1. The van der Waals surface area contributed by atoms with Crippen LogP contribution < -0.4 is 0 Å². The first-order valence-corrected chi connectivity index (χ1v) is 10.6. The van der Waals surface area contributed by atoms with Crippen LogP contribution in [0.1, 0.15) is 38.2 Å². The molecular formula is C21H26N2O4S. The molecule has 1 saturated carbocycles. The minimum atomic E-state index is -0.580. The third-order valence-corrected chi connectivity index (χ3v) is 7.07. The number of likely N-dealkylation sites (tertiary alicyclic amines) is 1. The highest BCUT2D eigenvalue weighted by Gasteiger charge is 2.44. The van der Waals surface area contributed by atoms with Crippen molar-refractivity contribution in [1.29, 1.82) is 5.26 Å². The van der Waals surface area contributed by atoms with Crippen LogP contribution in [0.3, 0.4) is 0 Å². The Morgan fingerprint density at radius 1 is 1.25 bits per heavy atom. The molecule has 1 saturated heterocycles. The number of amides is 1. The van der Waals surface area contributed by atoms with E-state index in [0.717, 1.165) is 24.2 Å². The second-order valence-electron chi connectivity index (χ2n) is 7.31. The van der Waals surface area contributed by atoms with Crippen molar-refractivity contribution < 1.29 is 19.1 Å². The zero-order valence-corrected chi connectivity index (χ0v) is 17.1. The number of piperidine rings is 1. The molecule has 1 heterocycles. The van der Waals surface area contributed by atoms with Gasteiger partial charge >= 0.3 is 12.1 Å². The van der Waals surface area contributed by atoms with Gasteiger partial charge in [-0.1, -0.05) is 12.1 Å². The van der Waals surface area contributed by atoms with Gasteiger partial charge < -0.3 is 9.47 Å². The van der Waals surface area contributed by atoms with E-state index in [-0.39, 0.29) is 5.97 Å². The largest absolute Gasteiger partial charge is 0.464 e. The molecule has 3 rings (SSSR count). The molecule has 2 fully saturated rings. The van der Waals surface area contributed by atoms with E-state index in [4.69, 9.17) is 9.47 Å². The van der Waals surface area contributed by atoms with Crippen molar-refractivity contribution in [3.05, 3.63) is 29.8 Å². The summed E-state index contributed by atoms with van der Waals surface area (Å²) in [5.74, 6) is 0.375. The maximum absolute atomic E-state index is 12.4. The van der Waals surface area contributed by atoms with Crippen LogP contribution in [-0.2, 0) is 14.3 Å². The first-order chi connectivity index (χ1) is 13.6. The molecule has 7 heteroatoms. The van der Waals surface area contributed by atoms with Crippen LogP contribution in [0.2, 0.25) is 0 Å². The van der Waals surface area contributed by atoms with Crippen LogP contribution in [0.4, 0.5) is 4.79 Å². The normalized spacial score (nSPS) is 26.7. The molecule has 0 radical (unpaired) electrons. The van der Waals surface area contributed by atoms with Crippen LogP contribution in [-0.4, -0.2) is 48.5 Å². The first kappa shape index (κ1) is 20.5. The lowest BCUT2D eigenvalue weighted by atomic mass is 9.73. The molecule has 1 aromatic rings. The minimum Gasteiger partial charge on any atom is -0.464 e. The molecule has 2 aliphatic rings. The molecule has 1 amide bonds. The van der Waals surface area contributed by atoms with E-state index in [1.165, 1.54) is 12.0 Å². The van der Waals surface area contributed by atoms with Gasteiger partial charge in [0.25, 0.3) is 0 Å². The first-order valence-electron chi connectivity index (χ1n) is 9.74. The number of nitriles is 1. The van der Waals surface area contributed by atoms with E-state index in [1.807, 2.05) is 24.3 Å². The van der Waals surface area contributed by atoms with Gasteiger partial charge in [-0.25, -0.2) is 9.59 Å². The monoisotopic (exact) mass is 402 g/mol. The third kappa shape index (κ3) is 4.44. The quantitative estimate of drug-likeness (QED) is 0.712. The molecule has 1 aromatic carbocycles. The predicted molar refractivity (Wildman–Crippen MR) is 106 cm³/mol. The number of carbonyl (C=O) groups is 2. The molecule has 6 nitrogen and oxygen atoms in total. The summed E-state index contributed by atoms with van der Waals surface area (Å²) >= 11 is 1.76. The van der Waals surface area contributed by atoms with Crippen molar-refractivity contribution in [2.45, 2.75) is 48.8 Å². The number of nitrogens with zero attached hydrogens (tertiary/aromatic N) is 2. The molecule has 0 bridgehead atoms. The Hall–Kier alpha value is -2.20. The highest BCUT2D eigenvalue weighted by molar-refractivity contribution is 8.00. The van der Waals surface area contributed by atoms with Gasteiger partial charge in [0.2, 0.25) is 0 Å². The second-order valence-corrected chi connectivity index (χ2v) is 8.65. The van der Waals surface area contributed by atoms with Crippen LogP contribution in [0.25, 0.3) is 0 Å². The van der Waals surface area contributed by atoms with E-state index in [1.54, 1.807) is 18.7 Å². The summed E-state index contributed by atoms with van der Waals surface area (Å²) in [6.07, 6.45) is 3.15. The fourth-order valence-electron chi connectivity index (χ4n) is 4.34. The van der Waals surface area contributed by atoms with E-state index in [0.29, 0.717) is 42.2 Å². The molecule has 150 valence electrons. The van der Waals surface area contributed by atoms with Crippen molar-refractivity contribution in [2.75, 3.05) is 20.3 Å². The zero-order valence-electron chi connectivity index (χ0n) is 16.3. The maximum Gasteiger partial charge on any atom is 0.410 e. The molecule has 0 N–H and O–H groups in total. The summed E-state index contributed by atoms with van der Waals surface area (Å²) in [5, 5.41) is 9.73. The van der Waals surface area contributed by atoms with Crippen LogP contribution in [0.15, 0.2) is 29.2 Å². The van der Waals surface area contributed by atoms with E-state index >= 15 is 0 Å². The Morgan fingerprint density at radius 2 is 2.04 bits per heavy atom. The van der Waals surface area contributed by atoms with E-state index in [9.17, 15) is 14.9 Å². The van der Waals surface area contributed by atoms with Gasteiger partial charge in [0.15, 0.2) is 0 Å². The van der Waals surface area contributed by atoms with Crippen molar-refractivity contribution in [3.63, 3.8) is 0 Å². The third-order valence-electron chi connectivity index (χ3n) is 5.69. The number of methoxy groups -OCH3 is 1. The van der Waals surface area contributed by atoms with Gasteiger partial charge in [-0.3, -0.25) is 4.90 Å². The molecule has 1 aliphatic heterocycles. The number of hydrogen-bond donors (Lipinski definition) is 0. The van der Waals surface area contributed by atoms with E-state index in [2.05, 4.69) is 6.07 Å². The Balaban J connectivity index is 1.71. The summed E-state index contributed by atoms with van der Waals surface area (Å²) in [6, 6.07) is 9.37. The average molecular weight is 403 g/mol. The average Bonchev–Trinajstić information content (AvgIpc) is 2.72. The lowest BCUT2D eigenvalue weighted by molar-refractivity contribution is -0.152. The van der Waals surface area contributed by atoms with Crippen molar-refractivity contribution >= 4 is 23.8 Å². The Bertz CT molecular complexity index is 763. The number of ether oxygens (including phenoxy) is 2. The minimum absolute atomic E-state index is 0.294. The number of rotatable bonds is 4. The topological polar surface area (TPSA) is 79.6 Å². The Labute approximate surface area is 170 Å². The van der Waals surface area contributed by atoms with Gasteiger partial charge in [0, 0.05) is 16.7 Å². The lowest BCUT2D eigenvalue weighted by Crippen LogP contribution is -2.55. The summed E-state index contributed by atoms with van der Waals surface area (Å²) in [6.45, 7) is 2.60. The van der Waals surface area contributed by atoms with Gasteiger partial charge in [-0.2, -0.15) is 5.26 Å². The Morgan fingerprint density at radius 3 is 2.75 bits per heavy atom. The zero-order chi connectivity index (χ0) is 20.1. The molecule has 1 aliphatic carbocycles. The fraction of sp³-hybridized carbons (Fsp3) is 0.571. The summed E-state index contributed by atoms with van der Waals surface area (Å²) in [5.41, 5.74) is 0.708. The lowest BCUT2D eigenvalue weighted by Gasteiger charge is -2.46. The highest BCUT2D eigenvalue weighted by atomic mass is 32.2. The van der Waals surface area contributed by atoms with Gasteiger partial charge in [0.1, 0.15) is 12.1 Å². The molecule has 28 heavy (non-hydrogen) atoms. The number of fused-ring (bicyclic) bond motifs is 1. The van der Waals surface area contributed by atoms with Crippen molar-refractivity contribution in [2.24, 2.45) is 11.8 Å². The Kier molecular flexibility index (Phi) is 6.84. The second kappa shape index (κ2) is 9.33. The van der Waals surface area contributed by atoms with Gasteiger partial charge in [0.05, 0.1) is 19.3 Å². The highest BCUT2D eigenvalue weighted by Crippen LogP contribution is 2.44. The van der Waals surface area contributed by atoms with Crippen molar-refractivity contribution in [1.82, 2.24) is 4.90 Å². The molecule has 0 unspecified atom stereocenters. The molecule has 0 spiro atoms. The SMILES string of the molecule is CCOC(=O)[C@@H]1C[C@H]2C[C@@H](Sc3ccccc3C#N)CC[C@H]2CN1C(=O)OC. The van der Waals surface area contributed by atoms with Crippen molar-refractivity contribution in [3.8, 4) is 6.07 Å². The predicted octanol–water partition coefficient (Wildman–Crippen LogP) is 3.84. The summed E-state index contributed by atoms with van der Waals surface area (Å²) < 4.78 is 10.1. The molecule has 0 aromatic heterocycles. The summed E-state index contributed by atoms with van der Waals surface area (Å²) in [7, 11) is 1.34. The fourth-order valence-corrected chi connectivity index (χ4v) is 5.69. The number of carbonyl (C=O) groups excluding carboxylic acids is 2. The van der Waals surface area contributed by atoms with Crippen LogP contribution in [0.5, 0.6) is 0 Å². The number of benzene rings is 1. The number of hydrogen-bond acceptors (Lipinski definition) is 6. The molecular weight excluding hydrogens is 376 g/mol. The van der Waals surface area contributed by atoms with Gasteiger partial charge in [-0.05, 0) is 56.6 Å².